The number of nitrogens with one attached hydrogen (secondary N) is 2. The van der Waals surface area contributed by atoms with Gasteiger partial charge in [0.2, 0.25) is 11.8 Å². The molecule has 2 saturated heterocycles. The monoisotopic (exact) mass is 541 g/mol. The first-order valence-electron chi connectivity index (χ1n) is 13.6. The van der Waals surface area contributed by atoms with Gasteiger partial charge in [0.25, 0.3) is 5.91 Å². The average molecular weight is 542 g/mol. The summed E-state index contributed by atoms with van der Waals surface area (Å²) in [5, 5.41) is 5.45. The normalized spacial score (nSPS) is 21.6. The third kappa shape index (κ3) is 6.55. The van der Waals surface area contributed by atoms with Crippen LogP contribution in [0.15, 0.2) is 42.5 Å². The number of hydrogen-bond acceptors (Lipinski definition) is 6. The fourth-order valence-electron chi connectivity index (χ4n) is 5.47. The lowest BCUT2D eigenvalue weighted by molar-refractivity contribution is -0.136. The Morgan fingerprint density at radius 3 is 2.41 bits per heavy atom. The van der Waals surface area contributed by atoms with Gasteiger partial charge < -0.3 is 19.7 Å². The Bertz CT molecular complexity index is 1210. The minimum absolute atomic E-state index is 0.145. The van der Waals surface area contributed by atoms with Crippen molar-refractivity contribution in [1.29, 1.82) is 0 Å². The quantitative estimate of drug-likeness (QED) is 0.534. The zero-order valence-electron chi connectivity index (χ0n) is 21.7. The first-order chi connectivity index (χ1) is 18.9. The second kappa shape index (κ2) is 12.1. The minimum atomic E-state index is -2.75. The number of alkyl halides is 2. The van der Waals surface area contributed by atoms with Crippen LogP contribution in [0.25, 0.3) is 0 Å². The zero-order valence-corrected chi connectivity index (χ0v) is 21.7. The van der Waals surface area contributed by atoms with Crippen molar-refractivity contribution in [3.63, 3.8) is 0 Å². The van der Waals surface area contributed by atoms with E-state index in [2.05, 4.69) is 15.4 Å². The minimum Gasteiger partial charge on any atom is -0.490 e. The molecule has 2 aromatic rings. The van der Waals surface area contributed by atoms with E-state index in [9.17, 15) is 23.2 Å². The summed E-state index contributed by atoms with van der Waals surface area (Å²) in [6.07, 6.45) is 6.77. The van der Waals surface area contributed by atoms with Gasteiger partial charge in [-0.15, -0.1) is 0 Å². The van der Waals surface area contributed by atoms with Crippen molar-refractivity contribution in [2.75, 3.05) is 13.1 Å². The highest BCUT2D eigenvalue weighted by Gasteiger charge is 2.39. The summed E-state index contributed by atoms with van der Waals surface area (Å²) in [4.78, 5) is 37.6. The van der Waals surface area contributed by atoms with Crippen LogP contribution in [-0.2, 0) is 16.1 Å². The molecular weight excluding hydrogens is 508 g/mol. The van der Waals surface area contributed by atoms with Crippen LogP contribution in [0, 0.1) is 0 Å². The third-order valence-corrected chi connectivity index (χ3v) is 7.69. The van der Waals surface area contributed by atoms with Gasteiger partial charge in [-0.05, 0) is 73.6 Å². The highest BCUT2D eigenvalue weighted by molar-refractivity contribution is 6.05. The molecule has 0 radical (unpaired) electrons. The molecule has 1 atom stereocenters. The van der Waals surface area contributed by atoms with E-state index >= 15 is 0 Å². The molecule has 8 nitrogen and oxygen atoms in total. The molecule has 6 rings (SSSR count). The molecule has 1 saturated carbocycles. The molecule has 0 spiro atoms. The Labute approximate surface area is 226 Å². The summed E-state index contributed by atoms with van der Waals surface area (Å²) < 4.78 is 34.2. The van der Waals surface area contributed by atoms with Crippen molar-refractivity contribution in [1.82, 2.24) is 15.5 Å². The number of imide groups is 1. The van der Waals surface area contributed by atoms with E-state index in [1.54, 1.807) is 29.2 Å². The maximum absolute atomic E-state index is 12.6. The van der Waals surface area contributed by atoms with Gasteiger partial charge in [0.15, 0.2) is 0 Å². The molecule has 4 aliphatic rings. The number of amides is 3. The first-order valence-corrected chi connectivity index (χ1v) is 13.6. The van der Waals surface area contributed by atoms with Gasteiger partial charge in [-0.1, -0.05) is 18.6 Å². The van der Waals surface area contributed by atoms with Gasteiger partial charge >= 0.3 is 6.61 Å². The highest BCUT2D eigenvalue weighted by atomic mass is 19.3. The van der Waals surface area contributed by atoms with E-state index in [4.69, 9.17) is 4.74 Å². The fourth-order valence-corrected chi connectivity index (χ4v) is 5.47. The van der Waals surface area contributed by atoms with E-state index in [1.165, 1.54) is 19.3 Å². The molecule has 0 bridgehead atoms. The number of nitrogens with zero attached hydrogens (tertiary/aromatic N) is 1. The standard InChI is InChI=1S/C19H22N2O4.C10H11F2NO/c22-17-9-8-16(18(23)20-17)21-11-12-10-14(6-7-15(12)19(21)24)25-13-4-2-1-3-5-13;11-10(12)14-9-3-1-2-7(4-9)8-5-13-6-8/h6-7,10,13,16H,1-5,8-9,11H2,(H,20,22,23);1-4,8,10,13H,5-6H2. The molecule has 0 aromatic heterocycles. The predicted octanol–water partition coefficient (Wildman–Crippen LogP) is 4.13. The Morgan fingerprint density at radius 1 is 0.923 bits per heavy atom. The topological polar surface area (TPSA) is 97.0 Å². The molecule has 2 aromatic carbocycles. The van der Waals surface area contributed by atoms with Crippen molar-refractivity contribution in [3.05, 3.63) is 59.2 Å². The lowest BCUT2D eigenvalue weighted by Gasteiger charge is -2.29. The number of rotatable bonds is 6. The molecule has 2 N–H and O–H groups in total. The molecule has 1 aliphatic carbocycles. The molecule has 1 unspecified atom stereocenters. The van der Waals surface area contributed by atoms with Crippen LogP contribution in [0.5, 0.6) is 11.5 Å². The Kier molecular flexibility index (Phi) is 8.40. The number of benzene rings is 2. The molecule has 10 heteroatoms. The van der Waals surface area contributed by atoms with Gasteiger partial charge in [0, 0.05) is 37.5 Å². The van der Waals surface area contributed by atoms with E-state index in [-0.39, 0.29) is 36.0 Å². The van der Waals surface area contributed by atoms with Crippen LogP contribution >= 0.6 is 0 Å². The molecule has 208 valence electrons. The Morgan fingerprint density at radius 2 is 1.72 bits per heavy atom. The maximum Gasteiger partial charge on any atom is 0.387 e. The van der Waals surface area contributed by atoms with Crippen LogP contribution in [0.3, 0.4) is 0 Å². The number of hydrogen-bond donors (Lipinski definition) is 2. The Hall–Kier alpha value is -3.53. The van der Waals surface area contributed by atoms with Crippen LogP contribution < -0.4 is 20.1 Å². The lowest BCUT2D eigenvalue weighted by Crippen LogP contribution is -2.52. The summed E-state index contributed by atoms with van der Waals surface area (Å²) >= 11 is 0. The van der Waals surface area contributed by atoms with Crippen LogP contribution in [0.2, 0.25) is 0 Å². The van der Waals surface area contributed by atoms with Crippen LogP contribution in [0.1, 0.15) is 72.3 Å². The third-order valence-electron chi connectivity index (χ3n) is 7.69. The van der Waals surface area contributed by atoms with Gasteiger partial charge in [0.05, 0.1) is 6.10 Å². The van der Waals surface area contributed by atoms with Crippen molar-refractivity contribution in [3.8, 4) is 11.5 Å². The number of piperidine rings is 1. The second-order valence-corrected chi connectivity index (χ2v) is 10.4. The van der Waals surface area contributed by atoms with E-state index < -0.39 is 12.7 Å². The summed E-state index contributed by atoms with van der Waals surface area (Å²) in [7, 11) is 0. The summed E-state index contributed by atoms with van der Waals surface area (Å²) in [6, 6.07) is 11.9. The maximum atomic E-state index is 12.6. The number of fused-ring (bicyclic) bond motifs is 1. The van der Waals surface area contributed by atoms with Crippen molar-refractivity contribution < 1.29 is 32.6 Å². The van der Waals surface area contributed by atoms with Gasteiger partial charge in [-0.3, -0.25) is 19.7 Å². The number of carbonyl (C=O) groups is 3. The lowest BCUT2D eigenvalue weighted by atomic mass is 9.94. The van der Waals surface area contributed by atoms with Crippen molar-refractivity contribution in [2.45, 2.75) is 76.2 Å². The molecule has 39 heavy (non-hydrogen) atoms. The smallest absolute Gasteiger partial charge is 0.387 e. The zero-order chi connectivity index (χ0) is 27.4. The van der Waals surface area contributed by atoms with Crippen molar-refractivity contribution >= 4 is 17.7 Å². The fraction of sp³-hybridized carbons (Fsp3) is 0.483. The average Bonchev–Trinajstić information content (AvgIpc) is 3.19. The SMILES string of the molecule is FC(F)Oc1cccc(C2CNC2)c1.O=C1CCC(N2Cc3cc(OC4CCCCC4)ccc3C2=O)C(=O)N1. The van der Waals surface area contributed by atoms with Crippen molar-refractivity contribution in [2.24, 2.45) is 0 Å². The van der Waals surface area contributed by atoms with Gasteiger partial charge in [-0.2, -0.15) is 8.78 Å². The number of carbonyl (C=O) groups excluding carboxylic acids is 3. The predicted molar refractivity (Wildman–Crippen MR) is 139 cm³/mol. The van der Waals surface area contributed by atoms with Crippen LogP contribution in [0.4, 0.5) is 8.78 Å². The largest absolute Gasteiger partial charge is 0.490 e. The molecule has 3 amide bonds. The number of halogens is 2. The van der Waals surface area contributed by atoms with E-state index in [0.717, 1.165) is 42.8 Å². The molecule has 3 heterocycles. The van der Waals surface area contributed by atoms with Gasteiger partial charge in [-0.25, -0.2) is 0 Å². The summed E-state index contributed by atoms with van der Waals surface area (Å²) in [5.41, 5.74) is 2.57. The van der Waals surface area contributed by atoms with Gasteiger partial charge in [0.1, 0.15) is 17.5 Å². The Balaban J connectivity index is 0.000000186. The van der Waals surface area contributed by atoms with E-state index in [0.29, 0.717) is 24.4 Å². The molecular formula is C29H33F2N3O5. The number of ether oxygens (including phenoxy) is 2. The van der Waals surface area contributed by atoms with E-state index in [1.807, 2.05) is 18.2 Å². The second-order valence-electron chi connectivity index (χ2n) is 10.4. The summed E-state index contributed by atoms with van der Waals surface area (Å²) in [5.74, 6) is 0.683. The van der Waals surface area contributed by atoms with Crippen LogP contribution in [-0.4, -0.2) is 54.5 Å². The first kappa shape index (κ1) is 27.1. The highest BCUT2D eigenvalue weighted by Crippen LogP contribution is 2.32. The molecule has 3 aliphatic heterocycles. The summed E-state index contributed by atoms with van der Waals surface area (Å²) in [6.45, 7) is -0.525. The molecule has 3 fully saturated rings.